The molecule has 110 valence electrons. The summed E-state index contributed by atoms with van der Waals surface area (Å²) in [6.45, 7) is 3.81. The highest BCUT2D eigenvalue weighted by molar-refractivity contribution is 5.56. The summed E-state index contributed by atoms with van der Waals surface area (Å²) in [7, 11) is 0. The topological polar surface area (TPSA) is 55.2 Å². The summed E-state index contributed by atoms with van der Waals surface area (Å²) in [5, 5.41) is 14.3. The van der Waals surface area contributed by atoms with Crippen LogP contribution in [0.25, 0.3) is 0 Å². The predicted molar refractivity (Wildman–Crippen MR) is 80.9 cm³/mol. The Bertz CT molecular complexity index is 641. The van der Waals surface area contributed by atoms with Gasteiger partial charge in [0.15, 0.2) is 0 Å². The molecule has 0 amide bonds. The van der Waals surface area contributed by atoms with Crippen LogP contribution in [0.2, 0.25) is 0 Å². The molecule has 2 rings (SSSR count). The molecule has 0 fully saturated rings. The summed E-state index contributed by atoms with van der Waals surface area (Å²) in [4.78, 5) is 10.7. The van der Waals surface area contributed by atoms with Crippen LogP contribution in [-0.4, -0.2) is 4.92 Å². The Kier molecular flexibility index (Phi) is 4.52. The minimum atomic E-state index is -0.368. The van der Waals surface area contributed by atoms with E-state index in [1.807, 2.05) is 19.9 Å². The molecule has 1 atom stereocenters. The molecule has 0 aliphatic rings. The molecule has 0 bridgehead atoms. The molecular weight excluding hydrogens is 271 g/mol. The van der Waals surface area contributed by atoms with Crippen LogP contribution < -0.4 is 5.32 Å². The zero-order valence-corrected chi connectivity index (χ0v) is 12.0. The summed E-state index contributed by atoms with van der Waals surface area (Å²) in [6, 6.07) is 11.2. The molecule has 0 aromatic heterocycles. The fraction of sp³-hybridized carbons (Fsp3) is 0.250. The van der Waals surface area contributed by atoms with Crippen molar-refractivity contribution in [1.82, 2.24) is 0 Å². The SMILES string of the molecule is CCc1ccc(NC(C)c2ccc(F)cc2)cc1[N+](=O)[O-]. The average molecular weight is 288 g/mol. The van der Waals surface area contributed by atoms with Gasteiger partial charge in [-0.25, -0.2) is 4.39 Å². The number of nitro groups is 1. The Morgan fingerprint density at radius 2 is 1.90 bits per heavy atom. The molecule has 1 N–H and O–H groups in total. The van der Waals surface area contributed by atoms with Crippen LogP contribution in [0.5, 0.6) is 0 Å². The van der Waals surface area contributed by atoms with Gasteiger partial charge in [-0.2, -0.15) is 0 Å². The second-order valence-electron chi connectivity index (χ2n) is 4.87. The zero-order valence-electron chi connectivity index (χ0n) is 12.0. The van der Waals surface area contributed by atoms with Gasteiger partial charge in [0.1, 0.15) is 5.82 Å². The van der Waals surface area contributed by atoms with Crippen molar-refractivity contribution >= 4 is 11.4 Å². The summed E-state index contributed by atoms with van der Waals surface area (Å²) >= 11 is 0. The van der Waals surface area contributed by atoms with E-state index in [1.54, 1.807) is 24.3 Å². The first-order chi connectivity index (χ1) is 10.0. The van der Waals surface area contributed by atoms with Gasteiger partial charge in [0.05, 0.1) is 4.92 Å². The van der Waals surface area contributed by atoms with Gasteiger partial charge in [0, 0.05) is 23.4 Å². The van der Waals surface area contributed by atoms with Gasteiger partial charge in [-0.05, 0) is 37.1 Å². The normalized spacial score (nSPS) is 12.0. The third-order valence-corrected chi connectivity index (χ3v) is 3.42. The van der Waals surface area contributed by atoms with Crippen molar-refractivity contribution in [2.24, 2.45) is 0 Å². The Morgan fingerprint density at radius 3 is 2.48 bits per heavy atom. The van der Waals surface area contributed by atoms with Crippen LogP contribution in [0.3, 0.4) is 0 Å². The summed E-state index contributed by atoms with van der Waals surface area (Å²) < 4.78 is 12.9. The Balaban J connectivity index is 2.21. The lowest BCUT2D eigenvalue weighted by atomic mass is 10.1. The Hall–Kier alpha value is -2.43. The molecule has 0 aliphatic carbocycles. The number of hydrogen-bond acceptors (Lipinski definition) is 3. The molecule has 5 heteroatoms. The monoisotopic (exact) mass is 288 g/mol. The van der Waals surface area contributed by atoms with E-state index in [-0.39, 0.29) is 22.5 Å². The van der Waals surface area contributed by atoms with Crippen molar-refractivity contribution in [1.29, 1.82) is 0 Å². The third-order valence-electron chi connectivity index (χ3n) is 3.42. The Labute approximate surface area is 122 Å². The van der Waals surface area contributed by atoms with E-state index < -0.39 is 0 Å². The largest absolute Gasteiger partial charge is 0.378 e. The average Bonchev–Trinajstić information content (AvgIpc) is 2.47. The summed E-state index contributed by atoms with van der Waals surface area (Å²) in [5.41, 5.74) is 2.42. The van der Waals surface area contributed by atoms with Crippen LogP contribution >= 0.6 is 0 Å². The number of nitrogens with zero attached hydrogens (tertiary/aromatic N) is 1. The number of nitro benzene ring substituents is 1. The van der Waals surface area contributed by atoms with Crippen molar-refractivity contribution in [3.05, 3.63) is 69.5 Å². The lowest BCUT2D eigenvalue weighted by molar-refractivity contribution is -0.385. The van der Waals surface area contributed by atoms with E-state index in [0.29, 0.717) is 17.7 Å². The van der Waals surface area contributed by atoms with E-state index in [4.69, 9.17) is 0 Å². The van der Waals surface area contributed by atoms with E-state index in [1.165, 1.54) is 12.1 Å². The molecule has 21 heavy (non-hydrogen) atoms. The second-order valence-corrected chi connectivity index (χ2v) is 4.87. The van der Waals surface area contributed by atoms with E-state index in [2.05, 4.69) is 5.32 Å². The lowest BCUT2D eigenvalue weighted by Crippen LogP contribution is -2.07. The molecule has 4 nitrogen and oxygen atoms in total. The molecule has 0 aliphatic heterocycles. The molecule has 0 spiro atoms. The summed E-state index contributed by atoms with van der Waals surface area (Å²) in [6.07, 6.45) is 0.615. The smallest absolute Gasteiger partial charge is 0.274 e. The molecule has 0 saturated heterocycles. The highest BCUT2D eigenvalue weighted by Gasteiger charge is 2.14. The first kappa shape index (κ1) is 15.0. The van der Waals surface area contributed by atoms with Gasteiger partial charge in [-0.1, -0.05) is 25.1 Å². The molecule has 2 aromatic carbocycles. The van der Waals surface area contributed by atoms with Crippen LogP contribution in [-0.2, 0) is 6.42 Å². The first-order valence-electron chi connectivity index (χ1n) is 6.80. The zero-order chi connectivity index (χ0) is 15.4. The maximum absolute atomic E-state index is 12.9. The van der Waals surface area contributed by atoms with Gasteiger partial charge in [-0.15, -0.1) is 0 Å². The van der Waals surface area contributed by atoms with Crippen LogP contribution in [0, 0.1) is 15.9 Å². The van der Waals surface area contributed by atoms with E-state index in [0.717, 1.165) is 5.56 Å². The maximum Gasteiger partial charge on any atom is 0.274 e. The van der Waals surface area contributed by atoms with E-state index >= 15 is 0 Å². The second kappa shape index (κ2) is 6.35. The lowest BCUT2D eigenvalue weighted by Gasteiger charge is -2.16. The molecule has 0 heterocycles. The standard InChI is InChI=1S/C16H17FN2O2/c1-3-12-6-9-15(10-16(12)19(20)21)18-11(2)13-4-7-14(17)8-5-13/h4-11,18H,3H2,1-2H3. The molecule has 0 radical (unpaired) electrons. The van der Waals surface area contributed by atoms with Crippen LogP contribution in [0.15, 0.2) is 42.5 Å². The van der Waals surface area contributed by atoms with E-state index in [9.17, 15) is 14.5 Å². The molecular formula is C16H17FN2O2. The van der Waals surface area contributed by atoms with Crippen molar-refractivity contribution in [3.8, 4) is 0 Å². The first-order valence-corrected chi connectivity index (χ1v) is 6.80. The number of rotatable bonds is 5. The van der Waals surface area contributed by atoms with Gasteiger partial charge < -0.3 is 5.32 Å². The highest BCUT2D eigenvalue weighted by Crippen LogP contribution is 2.26. The number of benzene rings is 2. The fourth-order valence-corrected chi connectivity index (χ4v) is 2.21. The van der Waals surface area contributed by atoms with Crippen molar-refractivity contribution < 1.29 is 9.31 Å². The molecule has 0 saturated carbocycles. The number of aryl methyl sites for hydroxylation is 1. The number of hydrogen-bond donors (Lipinski definition) is 1. The Morgan fingerprint density at radius 1 is 1.24 bits per heavy atom. The van der Waals surface area contributed by atoms with Gasteiger partial charge in [0.25, 0.3) is 5.69 Å². The van der Waals surface area contributed by atoms with Crippen molar-refractivity contribution in [2.45, 2.75) is 26.3 Å². The quantitative estimate of drug-likeness (QED) is 0.652. The van der Waals surface area contributed by atoms with Crippen molar-refractivity contribution in [2.75, 3.05) is 5.32 Å². The minimum absolute atomic E-state index is 0.0716. The van der Waals surface area contributed by atoms with Crippen LogP contribution in [0.1, 0.15) is 31.0 Å². The minimum Gasteiger partial charge on any atom is -0.378 e. The van der Waals surface area contributed by atoms with Crippen LogP contribution in [0.4, 0.5) is 15.8 Å². The number of nitrogens with one attached hydrogen (secondary N) is 1. The molecule has 1 unspecified atom stereocenters. The summed E-state index contributed by atoms with van der Waals surface area (Å²) in [5.74, 6) is -0.283. The third kappa shape index (κ3) is 3.56. The number of halogens is 1. The fourth-order valence-electron chi connectivity index (χ4n) is 2.21. The predicted octanol–water partition coefficient (Wildman–Crippen LogP) is 4.47. The number of anilines is 1. The van der Waals surface area contributed by atoms with Crippen molar-refractivity contribution in [3.63, 3.8) is 0 Å². The van der Waals surface area contributed by atoms with Gasteiger partial charge in [0.2, 0.25) is 0 Å². The van der Waals surface area contributed by atoms with Gasteiger partial charge in [-0.3, -0.25) is 10.1 Å². The maximum atomic E-state index is 12.9. The highest BCUT2D eigenvalue weighted by atomic mass is 19.1. The molecule has 2 aromatic rings. The van der Waals surface area contributed by atoms with Gasteiger partial charge >= 0.3 is 0 Å².